The highest BCUT2D eigenvalue weighted by molar-refractivity contribution is 5.38. The second-order valence-electron chi connectivity index (χ2n) is 7.54. The highest BCUT2D eigenvalue weighted by atomic mass is 16.5. The van der Waals surface area contributed by atoms with Crippen molar-refractivity contribution in [3.05, 3.63) is 69.5 Å². The van der Waals surface area contributed by atoms with Crippen LogP contribution in [0.3, 0.4) is 0 Å². The zero-order valence-corrected chi connectivity index (χ0v) is 16.7. The molecule has 0 fully saturated rings. The maximum Gasteiger partial charge on any atom is 0.347 e. The Morgan fingerprint density at radius 2 is 1.89 bits per heavy atom. The molecule has 0 amide bonds. The molecular weight excluding hydrogens is 356 g/mol. The molecule has 0 saturated carbocycles. The third kappa shape index (κ3) is 3.93. The number of hydrogen-bond donors (Lipinski definition) is 2. The summed E-state index contributed by atoms with van der Waals surface area (Å²) >= 11 is 0. The molecule has 2 unspecified atom stereocenters. The van der Waals surface area contributed by atoms with Crippen LogP contribution in [0.5, 0.6) is 11.5 Å². The Labute approximate surface area is 165 Å². The van der Waals surface area contributed by atoms with Gasteiger partial charge in [-0.1, -0.05) is 32.4 Å². The molecule has 2 heterocycles. The van der Waals surface area contributed by atoms with Gasteiger partial charge in [0.2, 0.25) is 0 Å². The van der Waals surface area contributed by atoms with Gasteiger partial charge in [-0.2, -0.15) is 0 Å². The van der Waals surface area contributed by atoms with Gasteiger partial charge in [0.05, 0.1) is 5.76 Å². The van der Waals surface area contributed by atoms with Gasteiger partial charge >= 0.3 is 5.63 Å². The summed E-state index contributed by atoms with van der Waals surface area (Å²) in [5.41, 5.74) is -0.139. The van der Waals surface area contributed by atoms with Crippen molar-refractivity contribution in [3.8, 4) is 11.5 Å². The molecule has 1 aliphatic heterocycles. The van der Waals surface area contributed by atoms with Crippen LogP contribution in [0, 0.1) is 0 Å². The highest BCUT2D eigenvalue weighted by Crippen LogP contribution is 2.44. The van der Waals surface area contributed by atoms with Crippen LogP contribution < -0.4 is 5.63 Å². The van der Waals surface area contributed by atoms with E-state index in [1.54, 1.807) is 18.2 Å². The molecule has 0 aliphatic carbocycles. The molecule has 0 saturated heterocycles. The molecule has 0 radical (unpaired) electrons. The molecule has 1 aromatic heterocycles. The molecule has 0 bridgehead atoms. The second-order valence-corrected chi connectivity index (χ2v) is 7.54. The lowest BCUT2D eigenvalue weighted by Gasteiger charge is -2.29. The largest absolute Gasteiger partial charge is 0.508 e. The Morgan fingerprint density at radius 1 is 1.18 bits per heavy atom. The van der Waals surface area contributed by atoms with Gasteiger partial charge in [0.25, 0.3) is 0 Å². The first-order chi connectivity index (χ1) is 13.4. The predicted octanol–water partition coefficient (Wildman–Crippen LogP) is 5.11. The third-order valence-electron chi connectivity index (χ3n) is 5.45. The Balaban J connectivity index is 1.94. The van der Waals surface area contributed by atoms with Crippen LogP contribution in [0.2, 0.25) is 0 Å². The van der Waals surface area contributed by atoms with Crippen molar-refractivity contribution in [2.75, 3.05) is 0 Å². The van der Waals surface area contributed by atoms with E-state index in [0.717, 1.165) is 24.2 Å². The summed E-state index contributed by atoms with van der Waals surface area (Å²) in [5.74, 6) is 1.33. The van der Waals surface area contributed by atoms with Crippen LogP contribution >= 0.6 is 0 Å². The summed E-state index contributed by atoms with van der Waals surface area (Å²) in [4.78, 5) is 12.9. The van der Waals surface area contributed by atoms with Crippen molar-refractivity contribution < 1.29 is 19.4 Å². The maximum absolute atomic E-state index is 12.9. The number of phenols is 1. The molecule has 1 aliphatic rings. The summed E-state index contributed by atoms with van der Waals surface area (Å²) < 4.78 is 11.7. The van der Waals surface area contributed by atoms with E-state index in [9.17, 15) is 15.0 Å². The SMILES string of the molecule is CCCC1(c2c(O)cc(C(CC)Cc3ccc(O)cc3)oc2=O)CC=C(C)O1. The van der Waals surface area contributed by atoms with Gasteiger partial charge in [0.1, 0.15) is 28.4 Å². The van der Waals surface area contributed by atoms with Gasteiger partial charge < -0.3 is 19.4 Å². The molecule has 5 heteroatoms. The van der Waals surface area contributed by atoms with Crippen molar-refractivity contribution >= 4 is 0 Å². The summed E-state index contributed by atoms with van der Waals surface area (Å²) in [6.07, 6.45) is 5.34. The van der Waals surface area contributed by atoms with Crippen LogP contribution in [0.15, 0.2) is 51.4 Å². The number of rotatable bonds is 7. The molecule has 2 atom stereocenters. The van der Waals surface area contributed by atoms with Crippen LogP contribution in [0.25, 0.3) is 0 Å². The van der Waals surface area contributed by atoms with Crippen molar-refractivity contribution in [3.63, 3.8) is 0 Å². The van der Waals surface area contributed by atoms with E-state index in [1.807, 2.05) is 39.0 Å². The Hall–Kier alpha value is -2.69. The van der Waals surface area contributed by atoms with Gasteiger partial charge in [0.15, 0.2) is 0 Å². The zero-order chi connectivity index (χ0) is 20.3. The first-order valence-electron chi connectivity index (χ1n) is 9.89. The number of phenolic OH excluding ortho intramolecular Hbond substituents is 1. The van der Waals surface area contributed by atoms with Crippen LogP contribution in [0.1, 0.15) is 69.3 Å². The van der Waals surface area contributed by atoms with E-state index >= 15 is 0 Å². The Bertz CT molecular complexity index is 910. The number of allylic oxidation sites excluding steroid dienone is 1. The van der Waals surface area contributed by atoms with E-state index in [4.69, 9.17) is 9.15 Å². The average molecular weight is 384 g/mol. The van der Waals surface area contributed by atoms with E-state index < -0.39 is 11.2 Å². The minimum absolute atomic E-state index is 0.0522. The first kappa shape index (κ1) is 20.1. The summed E-state index contributed by atoms with van der Waals surface area (Å²) in [6.45, 7) is 5.90. The van der Waals surface area contributed by atoms with E-state index in [2.05, 4.69) is 0 Å². The fourth-order valence-electron chi connectivity index (χ4n) is 4.02. The van der Waals surface area contributed by atoms with Gasteiger partial charge in [-0.05, 0) is 50.0 Å². The van der Waals surface area contributed by atoms with Crippen molar-refractivity contribution in [1.82, 2.24) is 0 Å². The first-order valence-corrected chi connectivity index (χ1v) is 9.89. The molecule has 150 valence electrons. The molecule has 2 N–H and O–H groups in total. The number of aromatic hydroxyl groups is 2. The van der Waals surface area contributed by atoms with Crippen molar-refractivity contribution in [2.24, 2.45) is 0 Å². The molecule has 5 nitrogen and oxygen atoms in total. The normalized spacial score (nSPS) is 19.9. The third-order valence-corrected chi connectivity index (χ3v) is 5.45. The van der Waals surface area contributed by atoms with Crippen LogP contribution in [-0.2, 0) is 16.8 Å². The van der Waals surface area contributed by atoms with Crippen molar-refractivity contribution in [2.45, 2.75) is 64.4 Å². The molecular formula is C23H28O5. The predicted molar refractivity (Wildman–Crippen MR) is 108 cm³/mol. The lowest BCUT2D eigenvalue weighted by molar-refractivity contribution is 0.00887. The van der Waals surface area contributed by atoms with Gasteiger partial charge in [-0.25, -0.2) is 4.79 Å². The van der Waals surface area contributed by atoms with E-state index in [1.165, 1.54) is 0 Å². The second kappa shape index (κ2) is 8.13. The molecule has 28 heavy (non-hydrogen) atoms. The summed E-state index contributed by atoms with van der Waals surface area (Å²) in [6, 6.07) is 8.54. The fraction of sp³-hybridized carbons (Fsp3) is 0.435. The smallest absolute Gasteiger partial charge is 0.347 e. The molecule has 0 spiro atoms. The van der Waals surface area contributed by atoms with Crippen LogP contribution in [0.4, 0.5) is 0 Å². The van der Waals surface area contributed by atoms with E-state index in [-0.39, 0.29) is 23.0 Å². The summed E-state index contributed by atoms with van der Waals surface area (Å²) in [7, 11) is 0. The van der Waals surface area contributed by atoms with Gasteiger partial charge in [0, 0.05) is 18.4 Å². The average Bonchev–Trinajstić information content (AvgIpc) is 3.02. The minimum atomic E-state index is -0.847. The molecule has 2 aromatic rings. The Morgan fingerprint density at radius 3 is 2.43 bits per heavy atom. The number of hydrogen-bond acceptors (Lipinski definition) is 5. The van der Waals surface area contributed by atoms with Crippen LogP contribution in [-0.4, -0.2) is 10.2 Å². The van der Waals surface area contributed by atoms with Gasteiger partial charge in [-0.3, -0.25) is 0 Å². The van der Waals surface area contributed by atoms with E-state index in [0.29, 0.717) is 25.0 Å². The molecule has 3 rings (SSSR count). The topological polar surface area (TPSA) is 79.9 Å². The van der Waals surface area contributed by atoms with Crippen molar-refractivity contribution in [1.29, 1.82) is 0 Å². The lowest BCUT2D eigenvalue weighted by Crippen LogP contribution is -2.32. The zero-order valence-electron chi connectivity index (χ0n) is 16.7. The quantitative estimate of drug-likeness (QED) is 0.694. The molecule has 1 aromatic carbocycles. The van der Waals surface area contributed by atoms with Gasteiger partial charge in [-0.15, -0.1) is 0 Å². The minimum Gasteiger partial charge on any atom is -0.508 e. The number of benzene rings is 1. The summed E-state index contributed by atoms with van der Waals surface area (Å²) in [5, 5.41) is 20.2. The number of ether oxygens (including phenoxy) is 1. The fourth-order valence-corrected chi connectivity index (χ4v) is 4.02. The lowest BCUT2D eigenvalue weighted by atomic mass is 9.86. The standard InChI is InChI=1S/C23H28O5/c1-4-11-23(12-10-15(3)28-23)21-19(25)14-20(27-22(21)26)17(5-2)13-16-6-8-18(24)9-7-16/h6-10,14,17,24-25H,4-5,11-13H2,1-3H3. The Kier molecular flexibility index (Phi) is 5.82. The monoisotopic (exact) mass is 384 g/mol. The highest BCUT2D eigenvalue weighted by Gasteiger charge is 2.42. The maximum atomic E-state index is 12.9.